The van der Waals surface area contributed by atoms with Crippen molar-refractivity contribution in [2.75, 3.05) is 0 Å². The van der Waals surface area contributed by atoms with Crippen molar-refractivity contribution < 1.29 is 24.5 Å². The molecule has 8 aromatic carbocycles. The Kier molecular flexibility index (Phi) is 14.8. The molecule has 0 atom stereocenters. The second-order valence-electron chi connectivity index (χ2n) is 25.8. The molecular formula is C72H75IrN3O-2. The van der Waals surface area contributed by atoms with E-state index in [0.717, 1.165) is 55.6 Å². The Labute approximate surface area is 471 Å². The zero-order valence-electron chi connectivity index (χ0n) is 48.2. The minimum Gasteiger partial charge on any atom is -0.501 e. The molecule has 0 saturated carbocycles. The number of benzene rings is 8. The Bertz CT molecular complexity index is 3910. The zero-order chi connectivity index (χ0) is 54.2. The van der Waals surface area contributed by atoms with Gasteiger partial charge in [-0.25, -0.2) is 0 Å². The van der Waals surface area contributed by atoms with Crippen molar-refractivity contribution in [1.29, 1.82) is 0 Å². The summed E-state index contributed by atoms with van der Waals surface area (Å²) in [6.45, 7) is 36.8. The molecule has 11 aromatic rings. The van der Waals surface area contributed by atoms with Crippen LogP contribution in [0.15, 0.2) is 156 Å². The summed E-state index contributed by atoms with van der Waals surface area (Å²) < 4.78 is 9.49. The molecule has 0 unspecified atom stereocenters. The third kappa shape index (κ3) is 10.7. The largest absolute Gasteiger partial charge is 0.501 e. The number of pyridine rings is 1. The zero-order valence-corrected chi connectivity index (χ0v) is 50.6. The first-order valence-corrected chi connectivity index (χ1v) is 27.4. The Morgan fingerprint density at radius 1 is 0.506 bits per heavy atom. The molecule has 0 aliphatic heterocycles. The van der Waals surface area contributed by atoms with E-state index in [1.807, 2.05) is 30.5 Å². The minimum atomic E-state index is -0.140. The van der Waals surface area contributed by atoms with Crippen molar-refractivity contribution in [3.8, 4) is 39.5 Å². The summed E-state index contributed by atoms with van der Waals surface area (Å²) in [6.07, 6.45) is 1.87. The predicted molar refractivity (Wildman–Crippen MR) is 325 cm³/mol. The second-order valence-corrected chi connectivity index (χ2v) is 25.8. The quantitative estimate of drug-likeness (QED) is 0.123. The Morgan fingerprint density at radius 2 is 1.14 bits per heavy atom. The van der Waals surface area contributed by atoms with Gasteiger partial charge in [0.15, 0.2) is 0 Å². The molecule has 0 spiro atoms. The van der Waals surface area contributed by atoms with Crippen LogP contribution in [0.2, 0.25) is 0 Å². The molecule has 5 heteroatoms. The average Bonchev–Trinajstić information content (AvgIpc) is 4.11. The molecule has 0 N–H and O–H groups in total. The minimum absolute atomic E-state index is 0. The van der Waals surface area contributed by atoms with Crippen molar-refractivity contribution in [2.45, 2.75) is 144 Å². The summed E-state index contributed by atoms with van der Waals surface area (Å²) >= 11 is 0. The normalized spacial score (nSPS) is 12.5. The Hall–Kier alpha value is -6.65. The summed E-state index contributed by atoms with van der Waals surface area (Å²) in [5, 5.41) is 7.02. The fourth-order valence-electron chi connectivity index (χ4n) is 10.8. The Morgan fingerprint density at radius 3 is 1.77 bits per heavy atom. The van der Waals surface area contributed by atoms with E-state index in [1.54, 1.807) is 0 Å². The predicted octanol–water partition coefficient (Wildman–Crippen LogP) is 20.3. The first-order chi connectivity index (χ1) is 35.9. The number of hydrogen-bond donors (Lipinski definition) is 0. The molecular weight excluding hydrogens is 1120 g/mol. The molecule has 3 heterocycles. The third-order valence-electron chi connectivity index (χ3n) is 15.3. The molecule has 395 valence electrons. The average molecular weight is 1190 g/mol. The fourth-order valence-corrected chi connectivity index (χ4v) is 10.8. The standard InChI is InChI=1S/C57H59N2O.C15H16N.Ir/c1-33(2)44-29-38(37-26-39(55(5,6)7)31-40(27-37)56(8,9)10)30-45(34(3)4)51(44)59-52-48(57(11,12)13)22-17-23-49(52)58-54(59)43-21-16-20-42-47-28-36-25-24-35-18-14-15-19-41(35)46(36)32-50(47)60-53(42)43;1-15(2,3)13-9-10-16-14(11-13)12-7-5-4-6-8-12;/h14-20,22-34H,1-13H3;4-7,9-11H,1-3H3;/q2*-1;. The smallest absolute Gasteiger partial charge is 0.121 e. The van der Waals surface area contributed by atoms with Crippen molar-refractivity contribution in [2.24, 2.45) is 0 Å². The fraction of sp³-hybridized carbons (Fsp3) is 0.306. The maximum absolute atomic E-state index is 7.00. The third-order valence-corrected chi connectivity index (χ3v) is 15.3. The van der Waals surface area contributed by atoms with Crippen LogP contribution in [0.5, 0.6) is 0 Å². The van der Waals surface area contributed by atoms with Crippen LogP contribution >= 0.6 is 0 Å². The van der Waals surface area contributed by atoms with Crippen LogP contribution in [-0.4, -0.2) is 14.5 Å². The van der Waals surface area contributed by atoms with Gasteiger partial charge in [-0.2, -0.15) is 0 Å². The summed E-state index contributed by atoms with van der Waals surface area (Å²) in [6, 6.07) is 59.6. The topological polar surface area (TPSA) is 43.9 Å². The van der Waals surface area contributed by atoms with Gasteiger partial charge in [-0.3, -0.25) is 4.98 Å². The van der Waals surface area contributed by atoms with Crippen molar-refractivity contribution in [3.05, 3.63) is 197 Å². The van der Waals surface area contributed by atoms with Crippen molar-refractivity contribution >= 4 is 54.5 Å². The molecule has 0 aliphatic rings. The van der Waals surface area contributed by atoms with Crippen LogP contribution < -0.4 is 0 Å². The van der Waals surface area contributed by atoms with Crippen LogP contribution in [0.3, 0.4) is 0 Å². The van der Waals surface area contributed by atoms with Gasteiger partial charge < -0.3 is 14.0 Å². The van der Waals surface area contributed by atoms with Gasteiger partial charge in [0, 0.05) is 37.4 Å². The number of hydrogen-bond acceptors (Lipinski definition) is 3. The molecule has 11 rings (SSSR count). The molecule has 0 fully saturated rings. The molecule has 4 nitrogen and oxygen atoms in total. The van der Waals surface area contributed by atoms with E-state index in [0.29, 0.717) is 0 Å². The molecule has 0 aliphatic carbocycles. The number of aromatic nitrogens is 3. The SMILES string of the molecule is CC(C)(C)c1ccnc(-c2[c-]cccc2)c1.CC(C)c1cc(-c2cc(C(C)(C)C)cc(C(C)(C)C)c2)cc(C(C)C)c1-n1c(-c2[c-]ccc3c2oc2cc4c(ccc5ccccc54)cc23)nc2cccc(C(C)(C)C)c21.[Ir]. The summed E-state index contributed by atoms with van der Waals surface area (Å²) in [5.74, 6) is 1.30. The molecule has 0 saturated heterocycles. The van der Waals surface area contributed by atoms with Crippen molar-refractivity contribution in [3.63, 3.8) is 0 Å². The number of nitrogens with zero attached hydrogens (tertiary/aromatic N) is 3. The number of rotatable bonds is 6. The second kappa shape index (κ2) is 20.6. The van der Waals surface area contributed by atoms with Gasteiger partial charge in [0.05, 0.1) is 22.4 Å². The van der Waals surface area contributed by atoms with Crippen LogP contribution in [0.25, 0.3) is 94.0 Å². The number of furan rings is 1. The summed E-state index contributed by atoms with van der Waals surface area (Å²) in [7, 11) is 0. The van der Waals surface area contributed by atoms with E-state index in [4.69, 9.17) is 9.40 Å². The molecule has 3 aromatic heterocycles. The molecule has 0 amide bonds. The van der Waals surface area contributed by atoms with Crippen LogP contribution in [0, 0.1) is 12.1 Å². The maximum atomic E-state index is 7.00. The van der Waals surface area contributed by atoms with E-state index in [9.17, 15) is 0 Å². The van der Waals surface area contributed by atoms with Crippen LogP contribution in [0.1, 0.15) is 156 Å². The van der Waals surface area contributed by atoms with Gasteiger partial charge in [0.25, 0.3) is 0 Å². The monoisotopic (exact) mass is 1190 g/mol. The van der Waals surface area contributed by atoms with Gasteiger partial charge in [-0.05, 0) is 142 Å². The summed E-state index contributed by atoms with van der Waals surface area (Å²) in [4.78, 5) is 9.97. The van der Waals surface area contributed by atoms with E-state index in [1.165, 1.54) is 71.7 Å². The van der Waals surface area contributed by atoms with Crippen molar-refractivity contribution in [1.82, 2.24) is 14.5 Å². The first kappa shape index (κ1) is 55.1. The van der Waals surface area contributed by atoms with Gasteiger partial charge in [-0.15, -0.1) is 54.1 Å². The van der Waals surface area contributed by atoms with Crippen LogP contribution in [-0.2, 0) is 41.8 Å². The molecule has 77 heavy (non-hydrogen) atoms. The Balaban J connectivity index is 0.000000364. The van der Waals surface area contributed by atoms with Gasteiger partial charge in [0.1, 0.15) is 5.58 Å². The molecule has 1 radical (unpaired) electrons. The number of para-hydroxylation sites is 1. The number of fused-ring (bicyclic) bond motifs is 7. The summed E-state index contributed by atoms with van der Waals surface area (Å²) in [5.41, 5.74) is 18.4. The van der Waals surface area contributed by atoms with E-state index >= 15 is 0 Å². The van der Waals surface area contributed by atoms with Gasteiger partial charge in [-0.1, -0.05) is 195 Å². The van der Waals surface area contributed by atoms with E-state index in [2.05, 4.69) is 254 Å². The van der Waals surface area contributed by atoms with Gasteiger partial charge >= 0.3 is 0 Å². The first-order valence-electron chi connectivity index (χ1n) is 27.4. The molecule has 0 bridgehead atoms. The van der Waals surface area contributed by atoms with Gasteiger partial charge in [0.2, 0.25) is 0 Å². The number of imidazole rings is 1. The van der Waals surface area contributed by atoms with E-state index in [-0.39, 0.29) is 53.6 Å². The van der Waals surface area contributed by atoms with Crippen LogP contribution in [0.4, 0.5) is 0 Å². The maximum Gasteiger partial charge on any atom is 0.121 e. The van der Waals surface area contributed by atoms with E-state index < -0.39 is 0 Å².